The Morgan fingerprint density at radius 3 is 2.50 bits per heavy atom. The Labute approximate surface area is 140 Å². The van der Waals surface area contributed by atoms with E-state index in [1.165, 1.54) is 19.1 Å². The first-order valence-corrected chi connectivity index (χ1v) is 8.76. The van der Waals surface area contributed by atoms with E-state index in [9.17, 15) is 18.3 Å². The second kappa shape index (κ2) is 6.39. The van der Waals surface area contributed by atoms with Gasteiger partial charge in [-0.3, -0.25) is 4.79 Å². The van der Waals surface area contributed by atoms with E-state index in [-0.39, 0.29) is 17.0 Å². The molecule has 2 rings (SSSR count). The molecule has 0 spiro atoms. The number of aliphatic hydroxyl groups is 1. The number of primary sulfonamides is 1. The smallest absolute Gasteiger partial charge is 0.252 e. The number of sulfonamides is 1. The van der Waals surface area contributed by atoms with Crippen LogP contribution in [0.3, 0.4) is 0 Å². The minimum Gasteiger partial charge on any atom is -0.463 e. The van der Waals surface area contributed by atoms with Crippen LogP contribution in [-0.2, 0) is 15.6 Å². The van der Waals surface area contributed by atoms with Crippen molar-refractivity contribution in [3.05, 3.63) is 53.0 Å². The molecule has 0 radical (unpaired) electrons. The lowest BCUT2D eigenvalue weighted by molar-refractivity contribution is 0.0323. The maximum absolute atomic E-state index is 12.4. The number of carbonyl (C=O) groups is 1. The summed E-state index contributed by atoms with van der Waals surface area (Å²) in [7, 11) is -4.04. The van der Waals surface area contributed by atoms with Gasteiger partial charge in [0.2, 0.25) is 10.0 Å². The lowest BCUT2D eigenvalue weighted by Crippen LogP contribution is -2.39. The second-order valence-electron chi connectivity index (χ2n) is 5.91. The molecule has 1 aromatic carbocycles. The highest BCUT2D eigenvalue weighted by molar-refractivity contribution is 7.89. The first-order valence-electron chi connectivity index (χ1n) is 7.21. The van der Waals surface area contributed by atoms with Crippen molar-refractivity contribution in [3.63, 3.8) is 0 Å². The van der Waals surface area contributed by atoms with E-state index in [1.807, 2.05) is 0 Å². The van der Waals surface area contributed by atoms with Crippen molar-refractivity contribution >= 4 is 15.9 Å². The predicted octanol–water partition coefficient (Wildman–Crippen LogP) is 1.18. The Hall–Kier alpha value is -2.16. The Kier molecular flexibility index (Phi) is 4.84. The third-order valence-corrected chi connectivity index (χ3v) is 4.52. The minimum absolute atomic E-state index is 0.0658. The Bertz CT molecular complexity index is 868. The molecule has 0 fully saturated rings. The zero-order valence-corrected chi connectivity index (χ0v) is 14.5. The van der Waals surface area contributed by atoms with E-state index in [0.717, 1.165) is 0 Å². The van der Waals surface area contributed by atoms with Crippen LogP contribution in [0.15, 0.2) is 39.6 Å². The van der Waals surface area contributed by atoms with E-state index < -0.39 is 21.5 Å². The minimum atomic E-state index is -4.04. The van der Waals surface area contributed by atoms with Crippen molar-refractivity contribution in [2.24, 2.45) is 5.14 Å². The quantitative estimate of drug-likeness (QED) is 0.746. The van der Waals surface area contributed by atoms with Crippen LogP contribution in [0, 0.1) is 13.8 Å². The normalized spacial score (nSPS) is 14.2. The molecular weight excluding hydrogens is 332 g/mol. The van der Waals surface area contributed by atoms with Crippen LogP contribution >= 0.6 is 0 Å². The van der Waals surface area contributed by atoms with Crippen molar-refractivity contribution in [1.82, 2.24) is 5.32 Å². The summed E-state index contributed by atoms with van der Waals surface area (Å²) in [6.45, 7) is 4.80. The van der Waals surface area contributed by atoms with Gasteiger partial charge in [-0.05, 0) is 45.0 Å². The highest BCUT2D eigenvalue weighted by Gasteiger charge is 2.28. The summed E-state index contributed by atoms with van der Waals surface area (Å²) >= 11 is 0. The molecule has 130 valence electrons. The second-order valence-corrected chi connectivity index (χ2v) is 7.44. The van der Waals surface area contributed by atoms with Crippen LogP contribution in [0.1, 0.15) is 34.4 Å². The molecular formula is C16H20N2O5S. The molecule has 7 nitrogen and oxygen atoms in total. The molecule has 0 aliphatic rings. The first kappa shape index (κ1) is 18.2. The van der Waals surface area contributed by atoms with Gasteiger partial charge in [-0.25, -0.2) is 13.6 Å². The fourth-order valence-corrected chi connectivity index (χ4v) is 2.94. The summed E-state index contributed by atoms with van der Waals surface area (Å²) in [5.74, 6) is 0.286. The zero-order chi connectivity index (χ0) is 18.1. The number of carbonyl (C=O) groups excluding carboxylic acids is 1. The Morgan fingerprint density at radius 1 is 1.29 bits per heavy atom. The first-order chi connectivity index (χ1) is 11.0. The summed E-state index contributed by atoms with van der Waals surface area (Å²) in [6, 6.07) is 7.59. The standard InChI is InChI=1S/C16H20N2O5S/c1-10-4-6-13(24(17,21)22)12(8-10)15(19)18-9-16(3,20)14-7-5-11(2)23-14/h4-8,20H,9H2,1-3H3,(H,18,19)(H2,17,21,22). The zero-order valence-electron chi connectivity index (χ0n) is 13.7. The number of rotatable bonds is 5. The number of benzene rings is 1. The van der Waals surface area contributed by atoms with Gasteiger partial charge in [0, 0.05) is 0 Å². The molecule has 1 heterocycles. The number of amides is 1. The van der Waals surface area contributed by atoms with Gasteiger partial charge in [-0.1, -0.05) is 11.6 Å². The van der Waals surface area contributed by atoms with Crippen molar-refractivity contribution in [1.29, 1.82) is 0 Å². The summed E-state index contributed by atoms with van der Waals surface area (Å²) in [5.41, 5.74) is -0.792. The summed E-state index contributed by atoms with van der Waals surface area (Å²) in [6.07, 6.45) is 0. The SMILES string of the molecule is Cc1ccc(S(N)(=O)=O)c(C(=O)NCC(C)(O)c2ccc(C)o2)c1. The largest absolute Gasteiger partial charge is 0.463 e. The molecule has 8 heteroatoms. The number of furan rings is 1. The number of aryl methyl sites for hydroxylation is 2. The van der Waals surface area contributed by atoms with Crippen molar-refractivity contribution in [3.8, 4) is 0 Å². The summed E-state index contributed by atoms with van der Waals surface area (Å²) in [5, 5.41) is 18.1. The molecule has 0 aliphatic carbocycles. The van der Waals surface area contributed by atoms with Crippen LogP contribution < -0.4 is 10.5 Å². The lowest BCUT2D eigenvalue weighted by atomic mass is 10.0. The monoisotopic (exact) mass is 352 g/mol. The van der Waals surface area contributed by atoms with Crippen molar-refractivity contribution < 1.29 is 22.7 Å². The van der Waals surface area contributed by atoms with Gasteiger partial charge in [0.25, 0.3) is 5.91 Å². The molecule has 0 saturated carbocycles. The van der Waals surface area contributed by atoms with Crippen LogP contribution in [0.5, 0.6) is 0 Å². The van der Waals surface area contributed by atoms with Gasteiger partial charge >= 0.3 is 0 Å². The molecule has 1 aromatic heterocycles. The van der Waals surface area contributed by atoms with Crippen molar-refractivity contribution in [2.75, 3.05) is 6.54 Å². The highest BCUT2D eigenvalue weighted by atomic mass is 32.2. The molecule has 24 heavy (non-hydrogen) atoms. The van der Waals surface area contributed by atoms with Gasteiger partial charge in [-0.2, -0.15) is 0 Å². The predicted molar refractivity (Wildman–Crippen MR) is 87.9 cm³/mol. The molecule has 0 bridgehead atoms. The fourth-order valence-electron chi connectivity index (χ4n) is 2.23. The molecule has 2 aromatic rings. The third-order valence-electron chi connectivity index (χ3n) is 3.55. The molecule has 1 atom stereocenters. The highest BCUT2D eigenvalue weighted by Crippen LogP contribution is 2.22. The average molecular weight is 352 g/mol. The van der Waals surface area contributed by atoms with Crippen LogP contribution in [0.4, 0.5) is 0 Å². The molecule has 0 aliphatic heterocycles. The van der Waals surface area contributed by atoms with Gasteiger partial charge in [0.15, 0.2) is 0 Å². The van der Waals surface area contributed by atoms with Gasteiger partial charge in [0.1, 0.15) is 17.1 Å². The van der Waals surface area contributed by atoms with Gasteiger partial charge in [-0.15, -0.1) is 0 Å². The number of nitrogens with two attached hydrogens (primary N) is 1. The molecule has 4 N–H and O–H groups in total. The van der Waals surface area contributed by atoms with E-state index in [0.29, 0.717) is 17.1 Å². The lowest BCUT2D eigenvalue weighted by Gasteiger charge is -2.21. The van der Waals surface area contributed by atoms with E-state index in [4.69, 9.17) is 9.56 Å². The fraction of sp³-hybridized carbons (Fsp3) is 0.312. The number of nitrogens with one attached hydrogen (secondary N) is 1. The number of hydrogen-bond acceptors (Lipinski definition) is 5. The topological polar surface area (TPSA) is 123 Å². The van der Waals surface area contributed by atoms with Crippen LogP contribution in [-0.4, -0.2) is 26.0 Å². The Morgan fingerprint density at radius 2 is 1.96 bits per heavy atom. The molecule has 1 unspecified atom stereocenters. The summed E-state index contributed by atoms with van der Waals surface area (Å²) in [4.78, 5) is 12.1. The average Bonchev–Trinajstić information content (AvgIpc) is 2.91. The van der Waals surface area contributed by atoms with E-state index in [1.54, 1.807) is 32.0 Å². The molecule has 1 amide bonds. The maximum atomic E-state index is 12.4. The molecule has 0 saturated heterocycles. The van der Waals surface area contributed by atoms with E-state index >= 15 is 0 Å². The van der Waals surface area contributed by atoms with E-state index in [2.05, 4.69) is 5.32 Å². The van der Waals surface area contributed by atoms with Crippen molar-refractivity contribution in [2.45, 2.75) is 31.3 Å². The maximum Gasteiger partial charge on any atom is 0.252 e. The van der Waals surface area contributed by atoms with Crippen LogP contribution in [0.2, 0.25) is 0 Å². The van der Waals surface area contributed by atoms with Gasteiger partial charge in [0.05, 0.1) is 17.0 Å². The van der Waals surface area contributed by atoms with Crippen LogP contribution in [0.25, 0.3) is 0 Å². The van der Waals surface area contributed by atoms with Gasteiger partial charge < -0.3 is 14.8 Å². The third kappa shape index (κ3) is 4.02. The summed E-state index contributed by atoms with van der Waals surface area (Å²) < 4.78 is 28.6. The Balaban J connectivity index is 2.23. The number of hydrogen-bond donors (Lipinski definition) is 3.